The van der Waals surface area contributed by atoms with Crippen LogP contribution < -0.4 is 10.6 Å². The molecule has 2 heterocycles. The van der Waals surface area contributed by atoms with Crippen LogP contribution in [0, 0.1) is 0 Å². The largest absolute Gasteiger partial charge is 0.374 e. The molecule has 2 rings (SSSR count). The normalized spacial score (nSPS) is 26.4. The Balaban J connectivity index is 1.80. The number of ether oxygens (including phenoxy) is 1. The average Bonchev–Trinajstić information content (AvgIpc) is 2.45. The minimum absolute atomic E-state index is 0.0937. The smallest absolute Gasteiger partial charge is 0.240 e. The molecule has 0 spiro atoms. The van der Waals surface area contributed by atoms with Crippen molar-refractivity contribution >= 4 is 5.91 Å². The lowest BCUT2D eigenvalue weighted by atomic mass is 10.0. The van der Waals surface area contributed by atoms with E-state index in [2.05, 4.69) is 27.5 Å². The predicted octanol–water partition coefficient (Wildman–Crippen LogP) is -0.883. The van der Waals surface area contributed by atoms with Gasteiger partial charge in [-0.2, -0.15) is 0 Å². The molecule has 116 valence electrons. The monoisotopic (exact) mass is 284 g/mol. The third-order valence-electron chi connectivity index (χ3n) is 4.30. The minimum atomic E-state index is -0.456. The van der Waals surface area contributed by atoms with Crippen molar-refractivity contribution in [3.05, 3.63) is 0 Å². The summed E-state index contributed by atoms with van der Waals surface area (Å²) in [4.78, 5) is 16.9. The number of hydrogen-bond acceptors (Lipinski definition) is 5. The lowest BCUT2D eigenvalue weighted by Gasteiger charge is -2.40. The lowest BCUT2D eigenvalue weighted by Crippen LogP contribution is -2.60. The first kappa shape index (κ1) is 15.7. The quantitative estimate of drug-likeness (QED) is 0.702. The Hall–Kier alpha value is -0.690. The summed E-state index contributed by atoms with van der Waals surface area (Å²) in [6, 6.07) is 0. The van der Waals surface area contributed by atoms with Gasteiger partial charge in [-0.3, -0.25) is 9.69 Å². The summed E-state index contributed by atoms with van der Waals surface area (Å²) in [6.45, 7) is 10.9. The van der Waals surface area contributed by atoms with Crippen LogP contribution in [0.2, 0.25) is 0 Å². The maximum Gasteiger partial charge on any atom is 0.240 e. The number of carbonyl (C=O) groups is 1. The highest BCUT2D eigenvalue weighted by Gasteiger charge is 2.35. The number of morpholine rings is 1. The number of carbonyl (C=O) groups excluding carboxylic acids is 1. The van der Waals surface area contributed by atoms with E-state index < -0.39 is 5.54 Å². The minimum Gasteiger partial charge on any atom is -0.374 e. The molecule has 2 fully saturated rings. The molecule has 0 aliphatic carbocycles. The molecule has 0 saturated carbocycles. The van der Waals surface area contributed by atoms with Crippen molar-refractivity contribution in [2.45, 2.75) is 25.5 Å². The van der Waals surface area contributed by atoms with Crippen LogP contribution in [0.5, 0.6) is 0 Å². The van der Waals surface area contributed by atoms with Gasteiger partial charge in [-0.15, -0.1) is 0 Å². The van der Waals surface area contributed by atoms with Gasteiger partial charge in [-0.25, -0.2) is 0 Å². The first-order valence-corrected chi connectivity index (χ1v) is 7.54. The fourth-order valence-electron chi connectivity index (χ4n) is 2.78. The summed E-state index contributed by atoms with van der Waals surface area (Å²) < 4.78 is 5.68. The first-order chi connectivity index (χ1) is 9.50. The van der Waals surface area contributed by atoms with Crippen LogP contribution in [-0.2, 0) is 9.53 Å². The molecule has 1 unspecified atom stereocenters. The zero-order valence-corrected chi connectivity index (χ0v) is 12.9. The second-order valence-electron chi connectivity index (χ2n) is 6.26. The molecule has 0 bridgehead atoms. The maximum absolute atomic E-state index is 12.4. The van der Waals surface area contributed by atoms with Crippen molar-refractivity contribution in [2.75, 3.05) is 59.5 Å². The molecule has 0 aromatic rings. The van der Waals surface area contributed by atoms with Gasteiger partial charge in [0.1, 0.15) is 0 Å². The van der Waals surface area contributed by atoms with E-state index in [1.165, 1.54) is 0 Å². The van der Waals surface area contributed by atoms with Gasteiger partial charge < -0.3 is 20.3 Å². The summed E-state index contributed by atoms with van der Waals surface area (Å²) in [5.74, 6) is 0.0937. The van der Waals surface area contributed by atoms with Crippen LogP contribution in [0.25, 0.3) is 0 Å². The molecule has 2 aliphatic rings. The Labute approximate surface area is 121 Å². The molecule has 2 aliphatic heterocycles. The van der Waals surface area contributed by atoms with Crippen LogP contribution >= 0.6 is 0 Å². The van der Waals surface area contributed by atoms with E-state index in [-0.39, 0.29) is 12.0 Å². The molecule has 1 atom stereocenters. The van der Waals surface area contributed by atoms with Gasteiger partial charge in [0.25, 0.3) is 0 Å². The Bertz CT molecular complexity index is 329. The van der Waals surface area contributed by atoms with Crippen LogP contribution in [0.1, 0.15) is 13.8 Å². The topological polar surface area (TPSA) is 56.8 Å². The third kappa shape index (κ3) is 3.91. The molecule has 1 amide bonds. The Morgan fingerprint density at radius 3 is 2.70 bits per heavy atom. The highest BCUT2D eigenvalue weighted by Crippen LogP contribution is 2.15. The average molecular weight is 284 g/mol. The molecule has 20 heavy (non-hydrogen) atoms. The summed E-state index contributed by atoms with van der Waals surface area (Å²) >= 11 is 0. The number of hydrogen-bond donors (Lipinski definition) is 2. The predicted molar refractivity (Wildman–Crippen MR) is 78.8 cm³/mol. The maximum atomic E-state index is 12.4. The van der Waals surface area contributed by atoms with E-state index in [1.807, 2.05) is 13.8 Å². The van der Waals surface area contributed by atoms with Crippen LogP contribution in [-0.4, -0.2) is 86.8 Å². The second kappa shape index (κ2) is 6.85. The fourth-order valence-corrected chi connectivity index (χ4v) is 2.78. The molecule has 6 heteroatoms. The van der Waals surface area contributed by atoms with E-state index in [4.69, 9.17) is 4.74 Å². The molecule has 2 N–H and O–H groups in total. The molecular formula is C14H28N4O2. The zero-order chi connectivity index (χ0) is 14.6. The van der Waals surface area contributed by atoms with Gasteiger partial charge in [0.2, 0.25) is 5.91 Å². The van der Waals surface area contributed by atoms with Crippen LogP contribution in [0.15, 0.2) is 0 Å². The van der Waals surface area contributed by atoms with Crippen molar-refractivity contribution in [1.82, 2.24) is 20.4 Å². The first-order valence-electron chi connectivity index (χ1n) is 7.54. The molecule has 6 nitrogen and oxygen atoms in total. The Kier molecular flexibility index (Phi) is 5.37. The van der Waals surface area contributed by atoms with Crippen molar-refractivity contribution in [3.63, 3.8) is 0 Å². The molecule has 0 aromatic carbocycles. The summed E-state index contributed by atoms with van der Waals surface area (Å²) in [7, 11) is 2.09. The highest BCUT2D eigenvalue weighted by atomic mass is 16.5. The van der Waals surface area contributed by atoms with Crippen molar-refractivity contribution in [3.8, 4) is 0 Å². The second-order valence-corrected chi connectivity index (χ2v) is 6.26. The van der Waals surface area contributed by atoms with E-state index in [1.54, 1.807) is 0 Å². The Morgan fingerprint density at radius 2 is 2.05 bits per heavy atom. The van der Waals surface area contributed by atoms with E-state index >= 15 is 0 Å². The van der Waals surface area contributed by atoms with E-state index in [9.17, 15) is 4.79 Å². The number of rotatable bonds is 4. The van der Waals surface area contributed by atoms with Gasteiger partial charge in [0.15, 0.2) is 0 Å². The zero-order valence-electron chi connectivity index (χ0n) is 12.9. The van der Waals surface area contributed by atoms with Crippen LogP contribution in [0.4, 0.5) is 0 Å². The molecule has 0 aromatic heterocycles. The van der Waals surface area contributed by atoms with E-state index in [0.29, 0.717) is 6.54 Å². The van der Waals surface area contributed by atoms with Gasteiger partial charge in [0, 0.05) is 45.8 Å². The van der Waals surface area contributed by atoms with Gasteiger partial charge >= 0.3 is 0 Å². The van der Waals surface area contributed by atoms with Gasteiger partial charge in [-0.1, -0.05) is 0 Å². The summed E-state index contributed by atoms with van der Waals surface area (Å²) in [5.41, 5.74) is -0.456. The number of amides is 1. The number of likely N-dealkylation sites (N-methyl/N-ethyl adjacent to an activating group) is 1. The fraction of sp³-hybridized carbons (Fsp3) is 0.929. The Morgan fingerprint density at radius 1 is 1.35 bits per heavy atom. The molecule has 0 radical (unpaired) electrons. The summed E-state index contributed by atoms with van der Waals surface area (Å²) in [5, 5.41) is 6.37. The van der Waals surface area contributed by atoms with E-state index in [0.717, 1.165) is 45.9 Å². The SMILES string of the molecule is CN1CCOC(CNC(=O)C(C)(C)N2CCNCC2)C1. The molecular weight excluding hydrogens is 256 g/mol. The third-order valence-corrected chi connectivity index (χ3v) is 4.30. The van der Waals surface area contributed by atoms with Crippen molar-refractivity contribution in [2.24, 2.45) is 0 Å². The van der Waals surface area contributed by atoms with Crippen molar-refractivity contribution < 1.29 is 9.53 Å². The number of nitrogens with one attached hydrogen (secondary N) is 2. The van der Waals surface area contributed by atoms with Crippen molar-refractivity contribution in [1.29, 1.82) is 0 Å². The summed E-state index contributed by atoms with van der Waals surface area (Å²) in [6.07, 6.45) is 0.108. The standard InChI is InChI=1S/C14H28N4O2/c1-14(2,18-6-4-15-5-7-18)13(19)16-10-12-11-17(3)8-9-20-12/h12,15H,4-11H2,1-3H3,(H,16,19). The van der Waals surface area contributed by atoms with Gasteiger partial charge in [-0.05, 0) is 20.9 Å². The number of nitrogens with zero attached hydrogens (tertiary/aromatic N) is 2. The van der Waals surface area contributed by atoms with Gasteiger partial charge in [0.05, 0.1) is 18.2 Å². The highest BCUT2D eigenvalue weighted by molar-refractivity contribution is 5.85. The van der Waals surface area contributed by atoms with Crippen LogP contribution in [0.3, 0.4) is 0 Å². The number of piperazine rings is 1. The molecule has 2 saturated heterocycles. The lowest BCUT2D eigenvalue weighted by molar-refractivity contribution is -0.133.